The second kappa shape index (κ2) is 41.1. The van der Waals surface area contributed by atoms with Crippen molar-refractivity contribution in [2.24, 2.45) is 0 Å². The summed E-state index contributed by atoms with van der Waals surface area (Å²) in [7, 11) is 0. The smallest absolute Gasteiger partial charge is 0.220 e. The number of aliphatic hydroxyl groups is 11. The maximum atomic E-state index is 13.2. The van der Waals surface area contributed by atoms with Gasteiger partial charge in [0.25, 0.3) is 0 Å². The number of carbonyl (C=O) groups excluding carboxylic acids is 1. The zero-order chi connectivity index (χ0) is 55.5. The number of amides is 1. The van der Waals surface area contributed by atoms with E-state index in [0.717, 1.165) is 44.9 Å². The summed E-state index contributed by atoms with van der Waals surface area (Å²) in [6, 6.07) is -0.991. The summed E-state index contributed by atoms with van der Waals surface area (Å²) in [5.41, 5.74) is 0. The molecule has 0 aromatic heterocycles. The van der Waals surface area contributed by atoms with E-state index in [4.69, 9.17) is 28.4 Å². The molecule has 3 saturated heterocycles. The molecule has 3 rings (SSSR count). The molecule has 19 heteroatoms. The lowest BCUT2D eigenvalue weighted by atomic mass is 9.96. The lowest BCUT2D eigenvalue weighted by Crippen LogP contribution is -2.66. The molecule has 0 aromatic rings. The number of nitrogens with one attached hydrogen (secondary N) is 1. The normalized spacial score (nSPS) is 31.2. The molecule has 444 valence electrons. The first kappa shape index (κ1) is 68.3. The van der Waals surface area contributed by atoms with Crippen LogP contribution in [-0.2, 0) is 33.2 Å². The summed E-state index contributed by atoms with van der Waals surface area (Å²) in [4.78, 5) is 13.2. The van der Waals surface area contributed by atoms with Crippen molar-refractivity contribution in [3.8, 4) is 0 Å². The van der Waals surface area contributed by atoms with Crippen LogP contribution in [0.4, 0.5) is 0 Å². The molecule has 17 unspecified atom stereocenters. The molecule has 12 N–H and O–H groups in total. The largest absolute Gasteiger partial charge is 0.394 e. The Balaban J connectivity index is 1.52. The second-order valence-electron chi connectivity index (χ2n) is 21.1. The van der Waals surface area contributed by atoms with Crippen LogP contribution in [0.5, 0.6) is 0 Å². The summed E-state index contributed by atoms with van der Waals surface area (Å²) in [5, 5.41) is 120. The molecule has 3 fully saturated rings. The van der Waals surface area contributed by atoms with Crippen LogP contribution in [-0.4, -0.2) is 193 Å². The van der Waals surface area contributed by atoms with Gasteiger partial charge >= 0.3 is 0 Å². The molecule has 0 saturated carbocycles. The lowest BCUT2D eigenvalue weighted by molar-refractivity contribution is -0.379. The number of hydrogen-bond acceptors (Lipinski definition) is 18. The van der Waals surface area contributed by atoms with Gasteiger partial charge in [0.2, 0.25) is 5.91 Å². The van der Waals surface area contributed by atoms with E-state index in [9.17, 15) is 61.0 Å². The Labute approximate surface area is 453 Å². The van der Waals surface area contributed by atoms with Gasteiger partial charge in [0.1, 0.15) is 73.2 Å². The average molecular weight is 1090 g/mol. The zero-order valence-electron chi connectivity index (χ0n) is 46.0. The summed E-state index contributed by atoms with van der Waals surface area (Å²) < 4.78 is 34.1. The van der Waals surface area contributed by atoms with Gasteiger partial charge in [-0.15, -0.1) is 0 Å². The molecule has 0 bridgehead atoms. The van der Waals surface area contributed by atoms with E-state index in [-0.39, 0.29) is 18.9 Å². The average Bonchev–Trinajstić information content (AvgIpc) is 3.42. The van der Waals surface area contributed by atoms with Crippen molar-refractivity contribution < 1.29 is 89.4 Å². The Morgan fingerprint density at radius 1 is 0.461 bits per heavy atom. The molecule has 0 spiro atoms. The second-order valence-corrected chi connectivity index (χ2v) is 21.1. The first-order chi connectivity index (χ1) is 36.8. The molecule has 17 atom stereocenters. The predicted octanol–water partition coefficient (Wildman–Crippen LogP) is 4.54. The number of ether oxygens (including phenoxy) is 6. The van der Waals surface area contributed by atoms with E-state index in [1.165, 1.54) is 109 Å². The van der Waals surface area contributed by atoms with E-state index in [1.54, 1.807) is 6.08 Å². The Morgan fingerprint density at radius 2 is 0.842 bits per heavy atom. The van der Waals surface area contributed by atoms with Gasteiger partial charge in [-0.1, -0.05) is 172 Å². The number of rotatable bonds is 42. The third-order valence-corrected chi connectivity index (χ3v) is 14.7. The van der Waals surface area contributed by atoms with E-state index < -0.39 is 124 Å². The van der Waals surface area contributed by atoms with Crippen LogP contribution in [0.2, 0.25) is 0 Å². The van der Waals surface area contributed by atoms with Crippen molar-refractivity contribution in [3.63, 3.8) is 0 Å². The molecular formula is C57H103NO18. The topological polar surface area (TPSA) is 307 Å². The van der Waals surface area contributed by atoms with Crippen LogP contribution in [0.15, 0.2) is 36.5 Å². The quantitative estimate of drug-likeness (QED) is 0.0295. The SMILES string of the molecule is CCCCCCCCCCCCC/C=C/CC/C=C/CC/C=C/C(O)C(COC1OC(CO)C(OC2OC(CO)C(OC3OC(CO)C(O)C(O)C3O)C(O)C2O)C(O)C1O)NC(=O)CCCCCCCCCCCC. The first-order valence-electron chi connectivity index (χ1n) is 29.2. The highest BCUT2D eigenvalue weighted by Crippen LogP contribution is 2.33. The van der Waals surface area contributed by atoms with Gasteiger partial charge in [-0.05, 0) is 44.9 Å². The van der Waals surface area contributed by atoms with Gasteiger partial charge < -0.3 is 89.9 Å². The maximum absolute atomic E-state index is 13.2. The van der Waals surface area contributed by atoms with Gasteiger partial charge in [-0.2, -0.15) is 0 Å². The number of hydrogen-bond donors (Lipinski definition) is 12. The van der Waals surface area contributed by atoms with Gasteiger partial charge in [0.15, 0.2) is 18.9 Å². The molecule has 0 aromatic carbocycles. The third kappa shape index (κ3) is 25.2. The summed E-state index contributed by atoms with van der Waals surface area (Å²) in [6.45, 7) is 1.66. The molecule has 1 amide bonds. The minimum Gasteiger partial charge on any atom is -0.394 e. The summed E-state index contributed by atoms with van der Waals surface area (Å²) in [5.74, 6) is -0.293. The van der Waals surface area contributed by atoms with Crippen molar-refractivity contribution in [3.05, 3.63) is 36.5 Å². The van der Waals surface area contributed by atoms with Crippen molar-refractivity contribution in [1.82, 2.24) is 5.32 Å². The molecule has 19 nitrogen and oxygen atoms in total. The van der Waals surface area contributed by atoms with E-state index in [0.29, 0.717) is 12.8 Å². The van der Waals surface area contributed by atoms with Gasteiger partial charge in [0.05, 0.1) is 38.6 Å². The van der Waals surface area contributed by atoms with Crippen LogP contribution >= 0.6 is 0 Å². The number of allylic oxidation sites excluding steroid dienone is 5. The fourth-order valence-corrected chi connectivity index (χ4v) is 9.81. The number of unbranched alkanes of at least 4 members (excludes halogenated alkanes) is 22. The molecule has 76 heavy (non-hydrogen) atoms. The van der Waals surface area contributed by atoms with Gasteiger partial charge in [0, 0.05) is 6.42 Å². The molecule has 0 aliphatic carbocycles. The lowest BCUT2D eigenvalue weighted by Gasteiger charge is -2.48. The van der Waals surface area contributed by atoms with Crippen LogP contribution in [0.3, 0.4) is 0 Å². The fourth-order valence-electron chi connectivity index (χ4n) is 9.81. The highest BCUT2D eigenvalue weighted by Gasteiger charge is 2.53. The Bertz CT molecular complexity index is 1540. The van der Waals surface area contributed by atoms with Crippen molar-refractivity contribution in [2.45, 2.75) is 291 Å². The molecule has 3 aliphatic heterocycles. The highest BCUT2D eigenvalue weighted by atomic mass is 16.8. The number of aliphatic hydroxyl groups excluding tert-OH is 11. The highest BCUT2D eigenvalue weighted by molar-refractivity contribution is 5.76. The summed E-state index contributed by atoms with van der Waals surface area (Å²) >= 11 is 0. The minimum atomic E-state index is -1.98. The maximum Gasteiger partial charge on any atom is 0.220 e. The molecule has 3 heterocycles. The Kier molecular flexibility index (Phi) is 36.9. The number of carbonyl (C=O) groups is 1. The Hall–Kier alpha value is -1.99. The first-order valence-corrected chi connectivity index (χ1v) is 29.2. The van der Waals surface area contributed by atoms with Crippen molar-refractivity contribution in [2.75, 3.05) is 26.4 Å². The van der Waals surface area contributed by atoms with Crippen LogP contribution in [0.25, 0.3) is 0 Å². The molecule has 0 radical (unpaired) electrons. The van der Waals surface area contributed by atoms with Crippen LogP contribution in [0, 0.1) is 0 Å². The fraction of sp³-hybridized carbons (Fsp3) is 0.877. The van der Waals surface area contributed by atoms with E-state index >= 15 is 0 Å². The van der Waals surface area contributed by atoms with Crippen LogP contribution in [0.1, 0.15) is 187 Å². The third-order valence-electron chi connectivity index (χ3n) is 14.7. The van der Waals surface area contributed by atoms with Gasteiger partial charge in [-0.3, -0.25) is 4.79 Å². The minimum absolute atomic E-state index is 0.233. The van der Waals surface area contributed by atoms with Crippen LogP contribution < -0.4 is 5.32 Å². The van der Waals surface area contributed by atoms with E-state index in [2.05, 4.69) is 43.5 Å². The standard InChI is InChI=1S/C57H103NO18/c1-3-5-7-9-11-13-15-16-17-18-19-20-21-22-23-24-25-26-28-30-32-34-41(62)40(58-45(63)35-33-31-29-27-14-12-10-8-6-4-2)39-71-55-51(69)48(66)53(43(37-60)73-55)76-57-52(70)49(67)54(44(38-61)74-57)75-56-50(68)47(65)46(64)42(36-59)72-56/h21-22,25-26,32,34,40-44,46-57,59-62,64-70H,3-20,23-24,27-31,33,35-39H2,1-2H3,(H,58,63)/b22-21+,26-25+,34-32+. The molecule has 3 aliphatic rings. The van der Waals surface area contributed by atoms with Crippen molar-refractivity contribution in [1.29, 1.82) is 0 Å². The predicted molar refractivity (Wildman–Crippen MR) is 286 cm³/mol. The van der Waals surface area contributed by atoms with Crippen molar-refractivity contribution >= 4 is 5.91 Å². The Morgan fingerprint density at radius 3 is 1.32 bits per heavy atom. The van der Waals surface area contributed by atoms with Gasteiger partial charge in [-0.25, -0.2) is 0 Å². The van der Waals surface area contributed by atoms with E-state index in [1.807, 2.05) is 6.08 Å². The summed E-state index contributed by atoms with van der Waals surface area (Å²) in [6.07, 6.45) is 15.8. The monoisotopic (exact) mass is 1090 g/mol. The molecular weight excluding hydrogens is 987 g/mol. The zero-order valence-corrected chi connectivity index (χ0v) is 46.0.